The van der Waals surface area contributed by atoms with Gasteiger partial charge in [-0.05, 0) is 37.1 Å². The third-order valence-corrected chi connectivity index (χ3v) is 3.54. The van der Waals surface area contributed by atoms with Crippen molar-refractivity contribution in [3.63, 3.8) is 0 Å². The van der Waals surface area contributed by atoms with Crippen molar-refractivity contribution >= 4 is 11.9 Å². The number of benzene rings is 1. The third kappa shape index (κ3) is 5.23. The molecule has 1 heterocycles. The zero-order chi connectivity index (χ0) is 19.1. The SMILES string of the molecule is CCCn1nc(C(=O)OC(C)C(=O)NCc2ccc(F)cc2)ccc1=O. The van der Waals surface area contributed by atoms with Gasteiger partial charge in [-0.3, -0.25) is 9.59 Å². The van der Waals surface area contributed by atoms with E-state index >= 15 is 0 Å². The van der Waals surface area contributed by atoms with Gasteiger partial charge in [0.05, 0.1) is 0 Å². The van der Waals surface area contributed by atoms with Gasteiger partial charge in [-0.2, -0.15) is 5.10 Å². The first-order chi connectivity index (χ1) is 12.4. The smallest absolute Gasteiger partial charge is 0.359 e. The molecule has 0 fully saturated rings. The molecule has 0 saturated carbocycles. The van der Waals surface area contributed by atoms with Crippen LogP contribution in [0.1, 0.15) is 36.3 Å². The first kappa shape index (κ1) is 19.3. The molecule has 0 aliphatic heterocycles. The van der Waals surface area contributed by atoms with Crippen LogP contribution in [0, 0.1) is 5.82 Å². The number of hydrogen-bond acceptors (Lipinski definition) is 5. The zero-order valence-corrected chi connectivity index (χ0v) is 14.6. The number of hydrogen-bond donors (Lipinski definition) is 1. The average molecular weight is 361 g/mol. The highest BCUT2D eigenvalue weighted by Crippen LogP contribution is 2.04. The maximum Gasteiger partial charge on any atom is 0.359 e. The highest BCUT2D eigenvalue weighted by atomic mass is 19.1. The molecule has 26 heavy (non-hydrogen) atoms. The van der Waals surface area contributed by atoms with E-state index in [1.165, 1.54) is 35.9 Å². The zero-order valence-electron chi connectivity index (χ0n) is 14.6. The molecule has 0 spiro atoms. The maximum atomic E-state index is 12.8. The Labute approximate surface area is 149 Å². The molecule has 1 amide bonds. The number of nitrogens with one attached hydrogen (secondary N) is 1. The normalized spacial score (nSPS) is 11.7. The number of aromatic nitrogens is 2. The monoisotopic (exact) mass is 361 g/mol. The molecule has 7 nitrogen and oxygen atoms in total. The Hall–Kier alpha value is -3.03. The molecule has 2 rings (SSSR count). The Balaban J connectivity index is 1.93. The van der Waals surface area contributed by atoms with Crippen molar-refractivity contribution in [3.05, 3.63) is 63.8 Å². The second kappa shape index (κ2) is 8.89. The van der Waals surface area contributed by atoms with Crippen molar-refractivity contribution in [1.29, 1.82) is 0 Å². The fourth-order valence-electron chi connectivity index (χ4n) is 2.14. The highest BCUT2D eigenvalue weighted by molar-refractivity contribution is 5.90. The molecule has 0 bridgehead atoms. The van der Waals surface area contributed by atoms with E-state index in [0.29, 0.717) is 18.5 Å². The minimum atomic E-state index is -1.05. The topological polar surface area (TPSA) is 90.3 Å². The number of aryl methyl sites for hydroxylation is 1. The quantitative estimate of drug-likeness (QED) is 0.758. The summed E-state index contributed by atoms with van der Waals surface area (Å²) in [7, 11) is 0. The summed E-state index contributed by atoms with van der Waals surface area (Å²) < 4.78 is 19.1. The fraction of sp³-hybridized carbons (Fsp3) is 0.333. The van der Waals surface area contributed by atoms with E-state index < -0.39 is 18.0 Å². The lowest BCUT2D eigenvalue weighted by molar-refractivity contribution is -0.129. The fourth-order valence-corrected chi connectivity index (χ4v) is 2.14. The number of carbonyl (C=O) groups is 2. The lowest BCUT2D eigenvalue weighted by atomic mass is 10.2. The van der Waals surface area contributed by atoms with Crippen LogP contribution in [-0.2, 0) is 22.6 Å². The summed E-state index contributed by atoms with van der Waals surface area (Å²) >= 11 is 0. The molecule has 1 aromatic heterocycles. The predicted molar refractivity (Wildman–Crippen MR) is 91.9 cm³/mol. The molecule has 0 radical (unpaired) electrons. The molecule has 8 heteroatoms. The summed E-state index contributed by atoms with van der Waals surface area (Å²) in [6.45, 7) is 3.88. The van der Waals surface area contributed by atoms with Crippen molar-refractivity contribution < 1.29 is 18.7 Å². The number of ether oxygens (including phenoxy) is 1. The number of esters is 1. The van der Waals surface area contributed by atoms with Crippen LogP contribution in [0.3, 0.4) is 0 Å². The van der Waals surface area contributed by atoms with Crippen molar-refractivity contribution in [2.24, 2.45) is 0 Å². The van der Waals surface area contributed by atoms with Crippen LogP contribution in [0.15, 0.2) is 41.2 Å². The first-order valence-corrected chi connectivity index (χ1v) is 8.22. The van der Waals surface area contributed by atoms with Gasteiger partial charge in [0, 0.05) is 19.2 Å². The largest absolute Gasteiger partial charge is 0.448 e. The van der Waals surface area contributed by atoms with E-state index in [2.05, 4.69) is 10.4 Å². The average Bonchev–Trinajstić information content (AvgIpc) is 2.62. The van der Waals surface area contributed by atoms with Gasteiger partial charge < -0.3 is 10.1 Å². The summed E-state index contributed by atoms with van der Waals surface area (Å²) in [4.78, 5) is 35.8. The highest BCUT2D eigenvalue weighted by Gasteiger charge is 2.20. The van der Waals surface area contributed by atoms with Crippen LogP contribution in [0.2, 0.25) is 0 Å². The van der Waals surface area contributed by atoms with Gasteiger partial charge in [0.2, 0.25) is 0 Å². The van der Waals surface area contributed by atoms with E-state index in [1.807, 2.05) is 6.92 Å². The summed E-state index contributed by atoms with van der Waals surface area (Å²) in [6.07, 6.45) is -0.357. The number of rotatable bonds is 7. The van der Waals surface area contributed by atoms with Crippen LogP contribution in [0.25, 0.3) is 0 Å². The molecule has 1 atom stereocenters. The molecular formula is C18H20FN3O4. The van der Waals surface area contributed by atoms with E-state index in [-0.39, 0.29) is 23.6 Å². The van der Waals surface area contributed by atoms with Gasteiger partial charge in [-0.15, -0.1) is 0 Å². The molecule has 1 N–H and O–H groups in total. The van der Waals surface area contributed by atoms with Gasteiger partial charge in [-0.1, -0.05) is 19.1 Å². The Morgan fingerprint density at radius 3 is 2.58 bits per heavy atom. The minimum absolute atomic E-state index is 0.0452. The Morgan fingerprint density at radius 1 is 1.23 bits per heavy atom. The van der Waals surface area contributed by atoms with Crippen LogP contribution in [0.5, 0.6) is 0 Å². The second-order valence-corrected chi connectivity index (χ2v) is 5.67. The third-order valence-electron chi connectivity index (χ3n) is 3.54. The summed E-state index contributed by atoms with van der Waals surface area (Å²) in [6, 6.07) is 8.18. The summed E-state index contributed by atoms with van der Waals surface area (Å²) in [5.41, 5.74) is 0.358. The van der Waals surface area contributed by atoms with E-state index in [1.54, 1.807) is 12.1 Å². The number of carbonyl (C=O) groups excluding carboxylic acids is 2. The summed E-state index contributed by atoms with van der Waals surface area (Å²) in [5, 5.41) is 6.54. The number of halogens is 1. The summed E-state index contributed by atoms with van der Waals surface area (Å²) in [5.74, 6) is -1.65. The van der Waals surface area contributed by atoms with E-state index in [0.717, 1.165) is 0 Å². The lowest BCUT2D eigenvalue weighted by Gasteiger charge is -2.13. The van der Waals surface area contributed by atoms with Crippen molar-refractivity contribution in [1.82, 2.24) is 15.1 Å². The van der Waals surface area contributed by atoms with Crippen LogP contribution >= 0.6 is 0 Å². The van der Waals surface area contributed by atoms with Crippen molar-refractivity contribution in [3.8, 4) is 0 Å². The van der Waals surface area contributed by atoms with E-state index in [4.69, 9.17) is 4.74 Å². The van der Waals surface area contributed by atoms with Gasteiger partial charge in [0.1, 0.15) is 5.82 Å². The molecule has 1 unspecified atom stereocenters. The van der Waals surface area contributed by atoms with Crippen LogP contribution in [0.4, 0.5) is 4.39 Å². The molecule has 0 aliphatic rings. The molecule has 138 valence electrons. The standard InChI is InChI=1S/C18H20FN3O4/c1-3-10-22-16(23)9-8-15(21-22)18(25)26-12(2)17(24)20-11-13-4-6-14(19)7-5-13/h4-9,12H,3,10-11H2,1-2H3,(H,20,24). The molecule has 0 aliphatic carbocycles. The van der Waals surface area contributed by atoms with Gasteiger partial charge in [0.15, 0.2) is 11.8 Å². The van der Waals surface area contributed by atoms with Crippen molar-refractivity contribution in [2.75, 3.05) is 0 Å². The Kier molecular flexibility index (Phi) is 6.60. The first-order valence-electron chi connectivity index (χ1n) is 8.22. The van der Waals surface area contributed by atoms with E-state index in [9.17, 15) is 18.8 Å². The molecule has 1 aromatic carbocycles. The van der Waals surface area contributed by atoms with Crippen molar-refractivity contribution in [2.45, 2.75) is 39.5 Å². The maximum absolute atomic E-state index is 12.8. The lowest BCUT2D eigenvalue weighted by Crippen LogP contribution is -2.36. The van der Waals surface area contributed by atoms with Gasteiger partial charge in [-0.25, -0.2) is 13.9 Å². The Morgan fingerprint density at radius 2 is 1.92 bits per heavy atom. The van der Waals surface area contributed by atoms with Gasteiger partial charge >= 0.3 is 5.97 Å². The minimum Gasteiger partial charge on any atom is -0.448 e. The number of nitrogens with zero attached hydrogens (tertiary/aromatic N) is 2. The van der Waals surface area contributed by atoms with Crippen LogP contribution in [-0.4, -0.2) is 27.8 Å². The van der Waals surface area contributed by atoms with Gasteiger partial charge in [0.25, 0.3) is 11.5 Å². The Bertz CT molecular complexity index is 833. The predicted octanol–water partition coefficient (Wildman–Crippen LogP) is 1.65. The van der Waals surface area contributed by atoms with Crippen LogP contribution < -0.4 is 10.9 Å². The molecular weight excluding hydrogens is 341 g/mol. The second-order valence-electron chi connectivity index (χ2n) is 5.67. The molecule has 2 aromatic rings. The number of amides is 1. The molecule has 0 saturated heterocycles.